The molecular weight excluding hydrogens is 282 g/mol. The second-order valence-electron chi connectivity index (χ2n) is 6.11. The topological polar surface area (TPSA) is 29.3 Å². The van der Waals surface area contributed by atoms with Gasteiger partial charge >= 0.3 is 0 Å². The third-order valence-electron chi connectivity index (χ3n) is 4.26. The summed E-state index contributed by atoms with van der Waals surface area (Å²) in [7, 11) is 0. The van der Waals surface area contributed by atoms with Crippen LogP contribution in [0, 0.1) is 18.6 Å². The van der Waals surface area contributed by atoms with Crippen molar-refractivity contribution in [1.29, 1.82) is 0 Å². The monoisotopic (exact) mass is 302 g/mol. The molecule has 2 aromatic rings. The molecule has 4 heteroatoms. The van der Waals surface area contributed by atoms with Gasteiger partial charge in [-0.05, 0) is 31.0 Å². The number of nitrogens with zero attached hydrogens (tertiary/aromatic N) is 1. The average Bonchev–Trinajstić information content (AvgIpc) is 2.49. The lowest BCUT2D eigenvalue weighted by Gasteiger charge is -2.38. The van der Waals surface area contributed by atoms with E-state index in [1.165, 1.54) is 23.3 Å². The van der Waals surface area contributed by atoms with Crippen LogP contribution in [-0.2, 0) is 0 Å². The molecule has 1 aliphatic heterocycles. The summed E-state index contributed by atoms with van der Waals surface area (Å²) >= 11 is 0. The van der Waals surface area contributed by atoms with Crippen LogP contribution in [0.3, 0.4) is 0 Å². The molecule has 2 N–H and O–H groups in total. The Balaban J connectivity index is 1.85. The van der Waals surface area contributed by atoms with Crippen LogP contribution in [0.15, 0.2) is 42.5 Å². The molecule has 3 rings (SSSR count). The first-order valence-corrected chi connectivity index (χ1v) is 7.55. The number of nitrogens with two attached hydrogens (primary N) is 1. The normalized spacial score (nSPS) is 21.9. The molecule has 1 fully saturated rings. The minimum absolute atomic E-state index is 0.0207. The van der Waals surface area contributed by atoms with Crippen molar-refractivity contribution in [3.8, 4) is 0 Å². The zero-order valence-corrected chi connectivity index (χ0v) is 12.6. The van der Waals surface area contributed by atoms with E-state index < -0.39 is 11.6 Å². The Morgan fingerprint density at radius 3 is 2.59 bits per heavy atom. The summed E-state index contributed by atoms with van der Waals surface area (Å²) in [5, 5.41) is 0. The van der Waals surface area contributed by atoms with Crippen molar-refractivity contribution in [1.82, 2.24) is 0 Å². The quantitative estimate of drug-likeness (QED) is 0.918. The van der Waals surface area contributed by atoms with Crippen molar-refractivity contribution in [2.45, 2.75) is 25.3 Å². The smallest absolute Gasteiger partial charge is 0.160 e. The van der Waals surface area contributed by atoms with E-state index in [0.717, 1.165) is 13.0 Å². The molecule has 2 aromatic carbocycles. The summed E-state index contributed by atoms with van der Waals surface area (Å²) < 4.78 is 26.6. The number of hydrogen-bond acceptors (Lipinski definition) is 2. The highest BCUT2D eigenvalue weighted by molar-refractivity contribution is 5.48. The Hall–Kier alpha value is -1.94. The molecule has 0 radical (unpaired) electrons. The lowest BCUT2D eigenvalue weighted by atomic mass is 9.87. The van der Waals surface area contributed by atoms with Gasteiger partial charge < -0.3 is 10.6 Å². The van der Waals surface area contributed by atoms with Crippen LogP contribution in [0.5, 0.6) is 0 Å². The molecule has 0 saturated carbocycles. The maximum absolute atomic E-state index is 13.5. The molecule has 0 spiro atoms. The van der Waals surface area contributed by atoms with E-state index in [0.29, 0.717) is 18.2 Å². The Morgan fingerprint density at radius 1 is 1.05 bits per heavy atom. The molecule has 2 atom stereocenters. The lowest BCUT2D eigenvalue weighted by Crippen LogP contribution is -2.46. The van der Waals surface area contributed by atoms with Gasteiger partial charge in [-0.1, -0.05) is 29.8 Å². The first-order valence-electron chi connectivity index (χ1n) is 7.55. The molecule has 2 unspecified atom stereocenters. The fourth-order valence-electron chi connectivity index (χ4n) is 3.20. The highest BCUT2D eigenvalue weighted by Gasteiger charge is 2.26. The fraction of sp³-hybridized carbons (Fsp3) is 0.333. The predicted octanol–water partition coefficient (Wildman–Crippen LogP) is 3.59. The van der Waals surface area contributed by atoms with Crippen LogP contribution < -0.4 is 10.6 Å². The van der Waals surface area contributed by atoms with E-state index in [9.17, 15) is 8.78 Å². The van der Waals surface area contributed by atoms with Gasteiger partial charge in [0.2, 0.25) is 0 Å². The Labute approximate surface area is 129 Å². The standard InChI is InChI=1S/C18H20F2N2/c1-12-3-2-4-13(7-12)14-8-15(21)11-22(10-14)16-5-6-17(19)18(20)9-16/h2-7,9,14-15H,8,10-11,21H2,1H3. The van der Waals surface area contributed by atoms with Crippen molar-refractivity contribution in [3.63, 3.8) is 0 Å². The third kappa shape index (κ3) is 3.12. The SMILES string of the molecule is Cc1cccc(C2CC(N)CN(c3ccc(F)c(F)c3)C2)c1. The van der Waals surface area contributed by atoms with E-state index in [4.69, 9.17) is 5.73 Å². The molecular formula is C18H20F2N2. The van der Waals surface area contributed by atoms with Gasteiger partial charge in [-0.2, -0.15) is 0 Å². The highest BCUT2D eigenvalue weighted by atomic mass is 19.2. The molecule has 1 aliphatic rings. The number of benzene rings is 2. The minimum atomic E-state index is -0.819. The Morgan fingerprint density at radius 2 is 1.86 bits per heavy atom. The van der Waals surface area contributed by atoms with E-state index >= 15 is 0 Å². The van der Waals surface area contributed by atoms with Crippen molar-refractivity contribution in [3.05, 3.63) is 65.2 Å². The maximum Gasteiger partial charge on any atom is 0.160 e. The van der Waals surface area contributed by atoms with Crippen LogP contribution >= 0.6 is 0 Å². The molecule has 0 aromatic heterocycles. The number of aryl methyl sites for hydroxylation is 1. The van der Waals surface area contributed by atoms with Crippen LogP contribution in [0.25, 0.3) is 0 Å². The fourth-order valence-corrected chi connectivity index (χ4v) is 3.20. The van der Waals surface area contributed by atoms with Gasteiger partial charge in [0.25, 0.3) is 0 Å². The van der Waals surface area contributed by atoms with E-state index in [1.54, 1.807) is 6.07 Å². The summed E-state index contributed by atoms with van der Waals surface area (Å²) in [5.74, 6) is -1.33. The molecule has 2 nitrogen and oxygen atoms in total. The van der Waals surface area contributed by atoms with Gasteiger partial charge in [0.05, 0.1) is 0 Å². The summed E-state index contributed by atoms with van der Waals surface area (Å²) in [6, 6.07) is 12.5. The van der Waals surface area contributed by atoms with Crippen LogP contribution in [0.1, 0.15) is 23.5 Å². The minimum Gasteiger partial charge on any atom is -0.369 e. The zero-order chi connectivity index (χ0) is 15.7. The van der Waals surface area contributed by atoms with Crippen molar-refractivity contribution in [2.24, 2.45) is 5.73 Å². The summed E-state index contributed by atoms with van der Waals surface area (Å²) in [5.41, 5.74) is 9.34. The van der Waals surface area contributed by atoms with Crippen LogP contribution in [0.4, 0.5) is 14.5 Å². The van der Waals surface area contributed by atoms with Crippen LogP contribution in [-0.4, -0.2) is 19.1 Å². The second kappa shape index (κ2) is 6.05. The Kier molecular flexibility index (Phi) is 4.12. The highest BCUT2D eigenvalue weighted by Crippen LogP contribution is 2.30. The maximum atomic E-state index is 13.5. The second-order valence-corrected chi connectivity index (χ2v) is 6.11. The van der Waals surface area contributed by atoms with E-state index in [2.05, 4.69) is 25.1 Å². The molecule has 0 bridgehead atoms. The van der Waals surface area contributed by atoms with Crippen molar-refractivity contribution in [2.75, 3.05) is 18.0 Å². The van der Waals surface area contributed by atoms with E-state index in [1.807, 2.05) is 11.0 Å². The van der Waals surface area contributed by atoms with Gasteiger partial charge in [0, 0.05) is 36.8 Å². The van der Waals surface area contributed by atoms with Crippen molar-refractivity contribution >= 4 is 5.69 Å². The van der Waals surface area contributed by atoms with E-state index in [-0.39, 0.29) is 6.04 Å². The number of piperidine rings is 1. The van der Waals surface area contributed by atoms with Crippen LogP contribution in [0.2, 0.25) is 0 Å². The Bertz CT molecular complexity index is 672. The molecule has 116 valence electrons. The number of hydrogen-bond donors (Lipinski definition) is 1. The first-order chi connectivity index (χ1) is 10.5. The molecule has 1 heterocycles. The summed E-state index contributed by atoms with van der Waals surface area (Å²) in [6.45, 7) is 3.50. The molecule has 22 heavy (non-hydrogen) atoms. The molecule has 0 amide bonds. The first kappa shape index (κ1) is 15.0. The average molecular weight is 302 g/mol. The number of rotatable bonds is 2. The predicted molar refractivity (Wildman–Crippen MR) is 85.1 cm³/mol. The van der Waals surface area contributed by atoms with Gasteiger partial charge in [-0.15, -0.1) is 0 Å². The number of halogens is 2. The third-order valence-corrected chi connectivity index (χ3v) is 4.26. The van der Waals surface area contributed by atoms with Gasteiger partial charge in [0.1, 0.15) is 0 Å². The lowest BCUT2D eigenvalue weighted by molar-refractivity contribution is 0.452. The van der Waals surface area contributed by atoms with Gasteiger partial charge in [0.15, 0.2) is 11.6 Å². The largest absolute Gasteiger partial charge is 0.369 e. The number of anilines is 1. The molecule has 0 aliphatic carbocycles. The van der Waals surface area contributed by atoms with Crippen molar-refractivity contribution < 1.29 is 8.78 Å². The summed E-state index contributed by atoms with van der Waals surface area (Å²) in [6.07, 6.45) is 0.906. The summed E-state index contributed by atoms with van der Waals surface area (Å²) in [4.78, 5) is 2.05. The van der Waals surface area contributed by atoms with Gasteiger partial charge in [-0.3, -0.25) is 0 Å². The molecule has 1 saturated heterocycles. The zero-order valence-electron chi connectivity index (χ0n) is 12.6. The van der Waals surface area contributed by atoms with Gasteiger partial charge in [-0.25, -0.2) is 8.78 Å².